The van der Waals surface area contributed by atoms with Crippen LogP contribution in [0.4, 0.5) is 0 Å². The lowest BCUT2D eigenvalue weighted by Gasteiger charge is -2.62. The molecule has 0 radical (unpaired) electrons. The molecule has 2 aliphatic carbocycles. The first-order chi connectivity index (χ1) is 10.6. The average molecular weight is 328 g/mol. The SMILES string of the molecule is CC(C)C1(C(=O)O)C2CC(C(=O)O)C(C(=O)O)CC2C1C(=O)O. The molecule has 0 saturated heterocycles. The average Bonchev–Trinajstić information content (AvgIpc) is 2.37. The van der Waals surface area contributed by atoms with Crippen molar-refractivity contribution in [2.45, 2.75) is 26.7 Å². The normalized spacial score (nSPS) is 39.2. The Balaban J connectivity index is 2.47. The third-order valence-electron chi connectivity index (χ3n) is 5.82. The predicted octanol–water partition coefficient (Wildman–Crippen LogP) is 0.856. The molecule has 0 aromatic rings. The van der Waals surface area contributed by atoms with Crippen molar-refractivity contribution in [3.8, 4) is 0 Å². The molecule has 8 heteroatoms. The van der Waals surface area contributed by atoms with E-state index in [9.17, 15) is 39.6 Å². The Hall–Kier alpha value is -2.12. The summed E-state index contributed by atoms with van der Waals surface area (Å²) in [4.78, 5) is 46.2. The van der Waals surface area contributed by atoms with Gasteiger partial charge in [0.2, 0.25) is 0 Å². The van der Waals surface area contributed by atoms with Crippen LogP contribution in [0.15, 0.2) is 0 Å². The molecule has 2 saturated carbocycles. The Morgan fingerprint density at radius 3 is 1.70 bits per heavy atom. The van der Waals surface area contributed by atoms with Gasteiger partial charge in [0.25, 0.3) is 0 Å². The molecular weight excluding hydrogens is 308 g/mol. The van der Waals surface area contributed by atoms with Crippen LogP contribution in [0.5, 0.6) is 0 Å². The highest BCUT2D eigenvalue weighted by Gasteiger charge is 2.72. The molecule has 0 bridgehead atoms. The molecule has 2 rings (SSSR count). The summed E-state index contributed by atoms with van der Waals surface area (Å²) in [6.07, 6.45) is -0.235. The second-order valence-corrected chi connectivity index (χ2v) is 6.84. The van der Waals surface area contributed by atoms with E-state index in [4.69, 9.17) is 0 Å². The second-order valence-electron chi connectivity index (χ2n) is 6.84. The number of carboxylic acid groups (broad SMARTS) is 4. The number of carboxylic acids is 4. The maximum atomic E-state index is 11.9. The minimum atomic E-state index is -1.55. The molecule has 6 unspecified atom stereocenters. The molecular formula is C15H20O8. The molecule has 0 aromatic heterocycles. The van der Waals surface area contributed by atoms with Crippen molar-refractivity contribution in [3.05, 3.63) is 0 Å². The van der Waals surface area contributed by atoms with Gasteiger partial charge < -0.3 is 20.4 Å². The van der Waals surface area contributed by atoms with E-state index < -0.39 is 64.8 Å². The van der Waals surface area contributed by atoms with Crippen LogP contribution in [0.1, 0.15) is 26.7 Å². The Morgan fingerprint density at radius 2 is 1.35 bits per heavy atom. The first-order valence-corrected chi connectivity index (χ1v) is 7.48. The third kappa shape index (κ3) is 2.19. The molecule has 128 valence electrons. The van der Waals surface area contributed by atoms with Crippen molar-refractivity contribution in [2.75, 3.05) is 0 Å². The molecule has 23 heavy (non-hydrogen) atoms. The van der Waals surface area contributed by atoms with Crippen molar-refractivity contribution in [3.63, 3.8) is 0 Å². The van der Waals surface area contributed by atoms with Gasteiger partial charge in [0.05, 0.1) is 23.2 Å². The number of fused-ring (bicyclic) bond motifs is 1. The zero-order valence-electron chi connectivity index (χ0n) is 12.8. The highest BCUT2D eigenvalue weighted by atomic mass is 16.4. The zero-order chi connectivity index (χ0) is 17.7. The van der Waals surface area contributed by atoms with E-state index in [0.29, 0.717) is 0 Å². The van der Waals surface area contributed by atoms with Crippen LogP contribution in [0.25, 0.3) is 0 Å². The van der Waals surface area contributed by atoms with E-state index in [1.165, 1.54) is 0 Å². The summed E-state index contributed by atoms with van der Waals surface area (Å²) in [5.74, 6) is -10.4. The topological polar surface area (TPSA) is 149 Å². The Kier molecular flexibility index (Phi) is 4.13. The molecule has 0 heterocycles. The van der Waals surface area contributed by atoms with Gasteiger partial charge in [-0.3, -0.25) is 19.2 Å². The lowest BCUT2D eigenvalue weighted by atomic mass is 9.38. The fraction of sp³-hybridized carbons (Fsp3) is 0.733. The lowest BCUT2D eigenvalue weighted by molar-refractivity contribution is -0.225. The molecule has 2 fully saturated rings. The number of hydrogen-bond acceptors (Lipinski definition) is 4. The minimum absolute atomic E-state index is 0.115. The first-order valence-electron chi connectivity index (χ1n) is 7.48. The number of carbonyl (C=O) groups is 4. The van der Waals surface area contributed by atoms with Gasteiger partial charge in [-0.15, -0.1) is 0 Å². The fourth-order valence-electron chi connectivity index (χ4n) is 4.88. The van der Waals surface area contributed by atoms with E-state index in [2.05, 4.69) is 0 Å². The van der Waals surface area contributed by atoms with Crippen molar-refractivity contribution in [1.29, 1.82) is 0 Å². The van der Waals surface area contributed by atoms with Crippen LogP contribution >= 0.6 is 0 Å². The largest absolute Gasteiger partial charge is 0.481 e. The minimum Gasteiger partial charge on any atom is -0.481 e. The summed E-state index contributed by atoms with van der Waals surface area (Å²) in [6.45, 7) is 3.22. The molecule has 0 aliphatic heterocycles. The summed E-state index contributed by atoms with van der Waals surface area (Å²) in [5, 5.41) is 37.7. The van der Waals surface area contributed by atoms with Gasteiger partial charge >= 0.3 is 23.9 Å². The summed E-state index contributed by atoms with van der Waals surface area (Å²) < 4.78 is 0. The van der Waals surface area contributed by atoms with E-state index >= 15 is 0 Å². The lowest BCUT2D eigenvalue weighted by Crippen LogP contribution is -2.69. The van der Waals surface area contributed by atoms with Crippen molar-refractivity contribution in [2.24, 2.45) is 40.9 Å². The summed E-state index contributed by atoms with van der Waals surface area (Å²) in [7, 11) is 0. The quantitative estimate of drug-likeness (QED) is 0.580. The third-order valence-corrected chi connectivity index (χ3v) is 5.82. The Bertz CT molecular complexity index is 568. The monoisotopic (exact) mass is 328 g/mol. The van der Waals surface area contributed by atoms with Gasteiger partial charge in [-0.1, -0.05) is 13.8 Å². The Morgan fingerprint density at radius 1 is 0.870 bits per heavy atom. The van der Waals surface area contributed by atoms with Crippen molar-refractivity contribution >= 4 is 23.9 Å². The van der Waals surface area contributed by atoms with Crippen molar-refractivity contribution < 1.29 is 39.6 Å². The number of rotatable bonds is 5. The van der Waals surface area contributed by atoms with Crippen LogP contribution in [0, 0.1) is 40.9 Å². The van der Waals surface area contributed by atoms with Crippen LogP contribution in [-0.4, -0.2) is 44.3 Å². The zero-order valence-corrected chi connectivity index (χ0v) is 12.8. The van der Waals surface area contributed by atoms with Gasteiger partial charge in [-0.2, -0.15) is 0 Å². The van der Waals surface area contributed by atoms with Gasteiger partial charge in [-0.05, 0) is 30.6 Å². The van der Waals surface area contributed by atoms with E-state index in [-0.39, 0.29) is 12.8 Å². The summed E-state index contributed by atoms with van der Waals surface area (Å²) >= 11 is 0. The Labute approximate surface area is 132 Å². The van der Waals surface area contributed by atoms with E-state index in [0.717, 1.165) is 0 Å². The highest BCUT2D eigenvalue weighted by Crippen LogP contribution is 2.66. The number of hydrogen-bond donors (Lipinski definition) is 4. The van der Waals surface area contributed by atoms with E-state index in [1.54, 1.807) is 13.8 Å². The summed E-state index contributed by atoms with van der Waals surface area (Å²) in [5.41, 5.74) is -1.55. The van der Waals surface area contributed by atoms with Crippen LogP contribution < -0.4 is 0 Å². The maximum Gasteiger partial charge on any atom is 0.311 e. The second kappa shape index (κ2) is 5.50. The molecule has 0 aromatic carbocycles. The molecule has 2 aliphatic rings. The standard InChI is InChI=1S/C15H20O8/c1-5(2)15(14(22)23)9-4-7(12(18)19)6(11(16)17)3-8(9)10(15)13(20)21/h5-10H,3-4H2,1-2H3,(H,16,17)(H,18,19)(H,20,21)(H,22,23). The molecule has 6 atom stereocenters. The molecule has 4 N–H and O–H groups in total. The maximum absolute atomic E-state index is 11.9. The first kappa shape index (κ1) is 17.2. The van der Waals surface area contributed by atoms with Gasteiger partial charge in [0, 0.05) is 0 Å². The number of aliphatic carboxylic acids is 4. The highest BCUT2D eigenvalue weighted by molar-refractivity contribution is 5.88. The predicted molar refractivity (Wildman–Crippen MR) is 74.5 cm³/mol. The van der Waals surface area contributed by atoms with Crippen molar-refractivity contribution in [1.82, 2.24) is 0 Å². The van der Waals surface area contributed by atoms with Crippen LogP contribution in [0.3, 0.4) is 0 Å². The molecule has 8 nitrogen and oxygen atoms in total. The molecule has 0 amide bonds. The smallest absolute Gasteiger partial charge is 0.311 e. The molecule has 0 spiro atoms. The van der Waals surface area contributed by atoms with Gasteiger partial charge in [0.1, 0.15) is 0 Å². The van der Waals surface area contributed by atoms with Crippen LogP contribution in [-0.2, 0) is 19.2 Å². The van der Waals surface area contributed by atoms with Gasteiger partial charge in [0.15, 0.2) is 0 Å². The fourth-order valence-corrected chi connectivity index (χ4v) is 4.88. The summed E-state index contributed by atoms with van der Waals surface area (Å²) in [6, 6.07) is 0. The van der Waals surface area contributed by atoms with Gasteiger partial charge in [-0.25, -0.2) is 0 Å². The van der Waals surface area contributed by atoms with E-state index in [1.807, 2.05) is 0 Å². The van der Waals surface area contributed by atoms with Crippen LogP contribution in [0.2, 0.25) is 0 Å².